The van der Waals surface area contributed by atoms with E-state index in [0.717, 1.165) is 5.92 Å². The van der Waals surface area contributed by atoms with Gasteiger partial charge in [-0.2, -0.15) is 0 Å². The van der Waals surface area contributed by atoms with Crippen molar-refractivity contribution in [1.29, 1.82) is 0 Å². The first-order valence-electron chi connectivity index (χ1n) is 9.95. The van der Waals surface area contributed by atoms with Crippen LogP contribution in [0, 0.1) is 5.92 Å². The first-order chi connectivity index (χ1) is 10.1. The van der Waals surface area contributed by atoms with E-state index in [-0.39, 0.29) is 0 Å². The fourth-order valence-corrected chi connectivity index (χ4v) is 3.54. The fourth-order valence-electron chi connectivity index (χ4n) is 3.54. The van der Waals surface area contributed by atoms with Gasteiger partial charge in [0.25, 0.3) is 0 Å². The number of rotatable bonds is 15. The third-order valence-corrected chi connectivity index (χ3v) is 4.83. The van der Waals surface area contributed by atoms with Crippen LogP contribution in [0.25, 0.3) is 0 Å². The number of hydrogen-bond donors (Lipinski definition) is 0. The van der Waals surface area contributed by atoms with Crippen molar-refractivity contribution >= 4 is 0 Å². The van der Waals surface area contributed by atoms with Gasteiger partial charge < -0.3 is 4.48 Å². The summed E-state index contributed by atoms with van der Waals surface area (Å²) in [4.78, 5) is 0. The molecule has 0 aliphatic rings. The summed E-state index contributed by atoms with van der Waals surface area (Å²) in [5.74, 6) is 0.873. The summed E-state index contributed by atoms with van der Waals surface area (Å²) in [7, 11) is 0. The van der Waals surface area contributed by atoms with E-state index in [2.05, 4.69) is 34.6 Å². The third kappa shape index (κ3) is 11.2. The molecule has 1 nitrogen and oxygen atoms in total. The molecule has 0 spiro atoms. The summed E-state index contributed by atoms with van der Waals surface area (Å²) in [6.07, 6.45) is 14.1. The second-order valence-corrected chi connectivity index (χ2v) is 7.54. The minimum Gasteiger partial charge on any atom is -0.324 e. The monoisotopic (exact) mass is 298 g/mol. The molecule has 0 aliphatic heterocycles. The maximum atomic E-state index is 2.38. The molecule has 0 saturated heterocycles. The minimum absolute atomic E-state index is 0.873. The number of hydrogen-bond acceptors (Lipinski definition) is 0. The summed E-state index contributed by atoms with van der Waals surface area (Å²) < 4.78 is 1.43. The van der Waals surface area contributed by atoms with Crippen molar-refractivity contribution in [3.05, 3.63) is 0 Å². The van der Waals surface area contributed by atoms with Crippen LogP contribution in [0.4, 0.5) is 0 Å². The Labute approximate surface area is 136 Å². The predicted octanol–water partition coefficient (Wildman–Crippen LogP) is 6.42. The highest BCUT2D eigenvalue weighted by molar-refractivity contribution is 4.52. The van der Waals surface area contributed by atoms with Gasteiger partial charge in [0.2, 0.25) is 0 Å². The molecule has 0 unspecified atom stereocenters. The zero-order chi connectivity index (χ0) is 16.0. The Bertz CT molecular complexity index is 200. The third-order valence-electron chi connectivity index (χ3n) is 4.83. The lowest BCUT2D eigenvalue weighted by molar-refractivity contribution is -0.929. The Morgan fingerprint density at radius 1 is 0.571 bits per heavy atom. The first-order valence-corrected chi connectivity index (χ1v) is 9.95. The van der Waals surface area contributed by atoms with E-state index in [0.29, 0.717) is 0 Å². The quantitative estimate of drug-likeness (QED) is 0.242. The van der Waals surface area contributed by atoms with E-state index in [4.69, 9.17) is 0 Å². The predicted molar refractivity (Wildman–Crippen MR) is 97.8 cm³/mol. The Kier molecular flexibility index (Phi) is 13.6. The largest absolute Gasteiger partial charge is 0.324 e. The molecule has 128 valence electrons. The zero-order valence-electron chi connectivity index (χ0n) is 15.9. The summed E-state index contributed by atoms with van der Waals surface area (Å²) in [5.41, 5.74) is 0. The molecule has 0 heterocycles. The molecule has 1 heteroatoms. The van der Waals surface area contributed by atoms with E-state index in [9.17, 15) is 0 Å². The second kappa shape index (κ2) is 13.6. The Morgan fingerprint density at radius 2 is 1.05 bits per heavy atom. The molecule has 0 N–H and O–H groups in total. The number of quaternary nitrogens is 1. The average Bonchev–Trinajstić information content (AvgIpc) is 2.44. The molecule has 0 rings (SSSR count). The molecule has 0 bridgehead atoms. The van der Waals surface area contributed by atoms with Crippen molar-refractivity contribution in [1.82, 2.24) is 0 Å². The van der Waals surface area contributed by atoms with Crippen LogP contribution in [0.3, 0.4) is 0 Å². The standard InChI is InChI=1S/C20H44N/c1-6-9-12-17-21(16-8-3,18-13-10-7-2)19-14-11-15-20(4)5/h20H,6-19H2,1-5H3/q+1. The number of unbranched alkanes of at least 4 members (excludes halogenated alkanes) is 5. The van der Waals surface area contributed by atoms with Gasteiger partial charge in [0.15, 0.2) is 0 Å². The van der Waals surface area contributed by atoms with Gasteiger partial charge in [-0.3, -0.25) is 0 Å². The van der Waals surface area contributed by atoms with E-state index in [1.54, 1.807) is 0 Å². The summed E-state index contributed by atoms with van der Waals surface area (Å²) in [5, 5.41) is 0. The average molecular weight is 299 g/mol. The van der Waals surface area contributed by atoms with Gasteiger partial charge in [0.1, 0.15) is 0 Å². The highest BCUT2D eigenvalue weighted by Crippen LogP contribution is 2.18. The van der Waals surface area contributed by atoms with Crippen LogP contribution in [0.1, 0.15) is 98.8 Å². The van der Waals surface area contributed by atoms with Gasteiger partial charge in [-0.1, -0.05) is 53.9 Å². The summed E-state index contributed by atoms with van der Waals surface area (Å²) in [6, 6.07) is 0. The molecule has 0 fully saturated rings. The van der Waals surface area contributed by atoms with Crippen molar-refractivity contribution in [3.8, 4) is 0 Å². The van der Waals surface area contributed by atoms with Gasteiger partial charge in [-0.25, -0.2) is 0 Å². The molecule has 0 aromatic heterocycles. The van der Waals surface area contributed by atoms with Crippen molar-refractivity contribution in [3.63, 3.8) is 0 Å². The van der Waals surface area contributed by atoms with Crippen LogP contribution in [0.5, 0.6) is 0 Å². The summed E-state index contributed by atoms with van der Waals surface area (Å²) >= 11 is 0. The van der Waals surface area contributed by atoms with Crippen LogP contribution < -0.4 is 0 Å². The van der Waals surface area contributed by atoms with E-state index in [1.807, 2.05) is 0 Å². The van der Waals surface area contributed by atoms with Crippen molar-refractivity contribution in [2.24, 2.45) is 5.92 Å². The molecule has 0 saturated carbocycles. The van der Waals surface area contributed by atoms with Gasteiger partial charge in [-0.15, -0.1) is 0 Å². The van der Waals surface area contributed by atoms with Crippen molar-refractivity contribution in [2.75, 3.05) is 26.2 Å². The van der Waals surface area contributed by atoms with E-state index >= 15 is 0 Å². The molecule has 0 aromatic rings. The van der Waals surface area contributed by atoms with E-state index < -0.39 is 0 Å². The lowest BCUT2D eigenvalue weighted by Crippen LogP contribution is -2.50. The smallest absolute Gasteiger partial charge is 0.0786 e. The highest BCUT2D eigenvalue weighted by Gasteiger charge is 2.24. The van der Waals surface area contributed by atoms with Crippen LogP contribution in [0.15, 0.2) is 0 Å². The Hall–Kier alpha value is -0.0400. The molecule has 0 aliphatic carbocycles. The zero-order valence-corrected chi connectivity index (χ0v) is 15.9. The van der Waals surface area contributed by atoms with Crippen LogP contribution in [-0.2, 0) is 0 Å². The lowest BCUT2D eigenvalue weighted by Gasteiger charge is -2.39. The second-order valence-electron chi connectivity index (χ2n) is 7.54. The normalized spacial score (nSPS) is 12.3. The van der Waals surface area contributed by atoms with Crippen LogP contribution in [-0.4, -0.2) is 30.7 Å². The first kappa shape index (κ1) is 21.0. The van der Waals surface area contributed by atoms with Gasteiger partial charge in [0.05, 0.1) is 26.2 Å². The fraction of sp³-hybridized carbons (Fsp3) is 1.00. The number of nitrogens with zero attached hydrogens (tertiary/aromatic N) is 1. The Balaban J connectivity index is 4.41. The van der Waals surface area contributed by atoms with E-state index in [1.165, 1.54) is 94.9 Å². The molecular weight excluding hydrogens is 254 g/mol. The Morgan fingerprint density at radius 3 is 1.43 bits per heavy atom. The molecule has 0 amide bonds. The molecular formula is C20H44N+. The highest BCUT2D eigenvalue weighted by atomic mass is 15.3. The van der Waals surface area contributed by atoms with Gasteiger partial charge in [-0.05, 0) is 50.9 Å². The van der Waals surface area contributed by atoms with Crippen LogP contribution in [0.2, 0.25) is 0 Å². The van der Waals surface area contributed by atoms with Crippen molar-refractivity contribution in [2.45, 2.75) is 98.8 Å². The maximum Gasteiger partial charge on any atom is 0.0786 e. The van der Waals surface area contributed by atoms with Crippen LogP contribution >= 0.6 is 0 Å². The maximum absolute atomic E-state index is 2.38. The topological polar surface area (TPSA) is 0 Å². The van der Waals surface area contributed by atoms with Gasteiger partial charge >= 0.3 is 0 Å². The molecule has 0 atom stereocenters. The van der Waals surface area contributed by atoms with Crippen molar-refractivity contribution < 1.29 is 4.48 Å². The lowest BCUT2D eigenvalue weighted by atomic mass is 10.0. The van der Waals surface area contributed by atoms with Gasteiger partial charge in [0, 0.05) is 0 Å². The SMILES string of the molecule is CCCCC[N+](CCC)(CCCCC)CCCCC(C)C. The molecule has 21 heavy (non-hydrogen) atoms. The summed E-state index contributed by atoms with van der Waals surface area (Å²) in [6.45, 7) is 17.5. The molecule has 0 aromatic carbocycles. The minimum atomic E-state index is 0.873. The molecule has 0 radical (unpaired) electrons.